The number of alkyl halides is 3. The lowest BCUT2D eigenvalue weighted by Crippen LogP contribution is -2.38. The number of fused-ring (bicyclic) bond motifs is 1. The number of hydrogen-bond acceptors (Lipinski definition) is 2. The van der Waals surface area contributed by atoms with Gasteiger partial charge in [-0.25, -0.2) is 9.37 Å². The number of halogens is 4. The van der Waals surface area contributed by atoms with E-state index in [2.05, 4.69) is 4.98 Å². The number of aromatic nitrogens is 2. The zero-order chi connectivity index (χ0) is 22.2. The first kappa shape index (κ1) is 21.1. The Morgan fingerprint density at radius 1 is 1.10 bits per heavy atom. The number of rotatable bonds is 3. The van der Waals surface area contributed by atoms with Crippen LogP contribution < -0.4 is 0 Å². The fourth-order valence-electron chi connectivity index (χ4n) is 4.05. The molecule has 1 aromatic heterocycles. The van der Waals surface area contributed by atoms with Gasteiger partial charge in [-0.3, -0.25) is 4.79 Å². The SMILES string of the molecule is Cc1nc2cc(C(F)(F)F)ccc2n1C1CCN(C(=O)/C=C/c2ccc(F)cc2)CC1. The van der Waals surface area contributed by atoms with Crippen LogP contribution in [0.5, 0.6) is 0 Å². The number of nitrogens with zero attached hydrogens (tertiary/aromatic N) is 3. The molecular formula is C23H21F4N3O. The van der Waals surface area contributed by atoms with Crippen LogP contribution in [-0.2, 0) is 11.0 Å². The highest BCUT2D eigenvalue weighted by molar-refractivity contribution is 5.91. The summed E-state index contributed by atoms with van der Waals surface area (Å²) < 4.78 is 53.9. The Morgan fingerprint density at radius 2 is 1.77 bits per heavy atom. The highest BCUT2D eigenvalue weighted by Gasteiger charge is 2.31. The average molecular weight is 431 g/mol. The molecule has 1 aliphatic heterocycles. The monoisotopic (exact) mass is 431 g/mol. The Kier molecular flexibility index (Phi) is 5.56. The first-order valence-corrected chi connectivity index (χ1v) is 10.0. The fraction of sp³-hybridized carbons (Fsp3) is 0.304. The van der Waals surface area contributed by atoms with Crippen molar-refractivity contribution in [2.75, 3.05) is 13.1 Å². The predicted molar refractivity (Wildman–Crippen MR) is 110 cm³/mol. The van der Waals surface area contributed by atoms with Crippen molar-refractivity contribution < 1.29 is 22.4 Å². The van der Waals surface area contributed by atoms with E-state index in [9.17, 15) is 22.4 Å². The molecule has 2 aromatic carbocycles. The number of amides is 1. The second-order valence-electron chi connectivity index (χ2n) is 7.67. The standard InChI is InChI=1S/C23H21F4N3O/c1-15-28-20-14-17(23(25,26)27)5-8-21(20)30(15)19-10-12-29(13-11-19)22(31)9-4-16-2-6-18(24)7-3-16/h2-9,14,19H,10-13H2,1H3/b9-4+. The van der Waals surface area contributed by atoms with Crippen LogP contribution in [0.4, 0.5) is 17.6 Å². The van der Waals surface area contributed by atoms with Crippen LogP contribution in [0, 0.1) is 12.7 Å². The minimum absolute atomic E-state index is 0.0619. The van der Waals surface area contributed by atoms with E-state index in [4.69, 9.17) is 0 Å². The summed E-state index contributed by atoms with van der Waals surface area (Å²) in [5, 5.41) is 0. The lowest BCUT2D eigenvalue weighted by molar-refractivity contribution is -0.137. The van der Waals surface area contributed by atoms with Gasteiger partial charge in [-0.1, -0.05) is 12.1 Å². The maximum atomic E-state index is 13.0. The third-order valence-electron chi connectivity index (χ3n) is 5.62. The highest BCUT2D eigenvalue weighted by Crippen LogP contribution is 2.34. The average Bonchev–Trinajstić information content (AvgIpc) is 3.07. The smallest absolute Gasteiger partial charge is 0.339 e. The van der Waals surface area contributed by atoms with Crippen LogP contribution in [-0.4, -0.2) is 33.4 Å². The van der Waals surface area contributed by atoms with E-state index >= 15 is 0 Å². The molecule has 4 rings (SSSR count). The number of hydrogen-bond donors (Lipinski definition) is 0. The zero-order valence-corrected chi connectivity index (χ0v) is 16.9. The second-order valence-corrected chi connectivity index (χ2v) is 7.67. The molecule has 0 bridgehead atoms. The van der Waals surface area contributed by atoms with E-state index in [-0.39, 0.29) is 17.8 Å². The van der Waals surface area contributed by atoms with Crippen molar-refractivity contribution in [1.82, 2.24) is 14.5 Å². The summed E-state index contributed by atoms with van der Waals surface area (Å²) in [7, 11) is 0. The lowest BCUT2D eigenvalue weighted by atomic mass is 10.0. The van der Waals surface area contributed by atoms with Crippen LogP contribution in [0.25, 0.3) is 17.1 Å². The molecule has 0 saturated carbocycles. The molecule has 0 aliphatic carbocycles. The van der Waals surface area contributed by atoms with Crippen LogP contribution in [0.3, 0.4) is 0 Å². The summed E-state index contributed by atoms with van der Waals surface area (Å²) in [5.41, 5.74) is 1.03. The Balaban J connectivity index is 1.45. The fourth-order valence-corrected chi connectivity index (χ4v) is 4.05. The van der Waals surface area contributed by atoms with Crippen molar-refractivity contribution in [3.8, 4) is 0 Å². The van der Waals surface area contributed by atoms with Gasteiger partial charge < -0.3 is 9.47 Å². The zero-order valence-electron chi connectivity index (χ0n) is 16.9. The number of aryl methyl sites for hydroxylation is 1. The topological polar surface area (TPSA) is 38.1 Å². The number of piperidine rings is 1. The first-order chi connectivity index (χ1) is 14.7. The van der Waals surface area contributed by atoms with Gasteiger partial charge in [0.1, 0.15) is 11.6 Å². The minimum Gasteiger partial charge on any atom is -0.339 e. The third-order valence-corrected chi connectivity index (χ3v) is 5.62. The minimum atomic E-state index is -4.40. The van der Waals surface area contributed by atoms with Gasteiger partial charge in [0.2, 0.25) is 5.91 Å². The molecular weight excluding hydrogens is 410 g/mol. The summed E-state index contributed by atoms with van der Waals surface area (Å²) >= 11 is 0. The molecule has 1 amide bonds. The molecule has 0 atom stereocenters. The Labute approximate surface area is 176 Å². The molecule has 0 N–H and O–H groups in total. The number of carbonyl (C=O) groups excluding carboxylic acids is 1. The molecule has 1 saturated heterocycles. The van der Waals surface area contributed by atoms with Crippen LogP contribution >= 0.6 is 0 Å². The predicted octanol–water partition coefficient (Wildman–Crippen LogP) is 5.38. The van der Waals surface area contributed by atoms with Gasteiger partial charge in [-0.15, -0.1) is 0 Å². The van der Waals surface area contributed by atoms with Gasteiger partial charge in [0, 0.05) is 25.2 Å². The van der Waals surface area contributed by atoms with Gasteiger partial charge >= 0.3 is 6.18 Å². The van der Waals surface area contributed by atoms with Crippen LogP contribution in [0.2, 0.25) is 0 Å². The Morgan fingerprint density at radius 3 is 2.42 bits per heavy atom. The quantitative estimate of drug-likeness (QED) is 0.413. The summed E-state index contributed by atoms with van der Waals surface area (Å²) in [6, 6.07) is 9.57. The van der Waals surface area contributed by atoms with Gasteiger partial charge in [-0.2, -0.15) is 13.2 Å². The molecule has 162 valence electrons. The molecule has 1 aliphatic rings. The summed E-state index contributed by atoms with van der Waals surface area (Å²) in [6.07, 6.45) is 0.0929. The van der Waals surface area contributed by atoms with E-state index in [1.807, 2.05) is 4.57 Å². The van der Waals surface area contributed by atoms with Crippen LogP contribution in [0.15, 0.2) is 48.5 Å². The number of benzene rings is 2. The largest absolute Gasteiger partial charge is 0.416 e. The van der Waals surface area contributed by atoms with Gasteiger partial charge in [0.15, 0.2) is 0 Å². The summed E-state index contributed by atoms with van der Waals surface area (Å²) in [6.45, 7) is 2.87. The molecule has 0 unspecified atom stereocenters. The number of likely N-dealkylation sites (tertiary alicyclic amines) is 1. The van der Waals surface area contributed by atoms with Crippen molar-refractivity contribution in [3.63, 3.8) is 0 Å². The third kappa shape index (κ3) is 4.47. The molecule has 4 nitrogen and oxygen atoms in total. The molecule has 0 spiro atoms. The highest BCUT2D eigenvalue weighted by atomic mass is 19.4. The first-order valence-electron chi connectivity index (χ1n) is 10.0. The van der Waals surface area contributed by atoms with Gasteiger partial charge in [0.05, 0.1) is 16.6 Å². The molecule has 8 heteroatoms. The van der Waals surface area contributed by atoms with E-state index in [0.29, 0.717) is 42.8 Å². The normalized spacial score (nSPS) is 15.8. The lowest BCUT2D eigenvalue weighted by Gasteiger charge is -2.33. The molecule has 0 radical (unpaired) electrons. The second kappa shape index (κ2) is 8.17. The van der Waals surface area contributed by atoms with E-state index < -0.39 is 11.7 Å². The molecule has 1 fully saturated rings. The van der Waals surface area contributed by atoms with Gasteiger partial charge in [-0.05, 0) is 61.7 Å². The van der Waals surface area contributed by atoms with Crippen molar-refractivity contribution in [1.29, 1.82) is 0 Å². The van der Waals surface area contributed by atoms with E-state index in [0.717, 1.165) is 17.7 Å². The van der Waals surface area contributed by atoms with E-state index in [1.165, 1.54) is 24.3 Å². The summed E-state index contributed by atoms with van der Waals surface area (Å²) in [5.74, 6) is 0.211. The maximum Gasteiger partial charge on any atom is 0.416 e. The van der Waals surface area contributed by atoms with Crippen molar-refractivity contribution in [3.05, 3.63) is 71.3 Å². The number of carbonyl (C=O) groups is 1. The summed E-state index contributed by atoms with van der Waals surface area (Å²) in [4.78, 5) is 18.6. The van der Waals surface area contributed by atoms with Crippen molar-refractivity contribution in [2.45, 2.75) is 32.0 Å². The Hall–Kier alpha value is -3.16. The molecule has 31 heavy (non-hydrogen) atoms. The maximum absolute atomic E-state index is 13.0. The molecule has 2 heterocycles. The number of imidazole rings is 1. The van der Waals surface area contributed by atoms with Crippen molar-refractivity contribution in [2.24, 2.45) is 0 Å². The van der Waals surface area contributed by atoms with Crippen molar-refractivity contribution >= 4 is 23.0 Å². The van der Waals surface area contributed by atoms with Crippen LogP contribution in [0.1, 0.15) is 35.8 Å². The van der Waals surface area contributed by atoms with E-state index in [1.54, 1.807) is 30.0 Å². The Bertz CT molecular complexity index is 1120. The van der Waals surface area contributed by atoms with Gasteiger partial charge in [0.25, 0.3) is 0 Å². The molecule has 3 aromatic rings.